The molecule has 0 radical (unpaired) electrons. The van der Waals surface area contributed by atoms with Crippen LogP contribution in [0.4, 0.5) is 0 Å². The van der Waals surface area contributed by atoms with E-state index in [4.69, 9.17) is 4.74 Å². The predicted octanol–water partition coefficient (Wildman–Crippen LogP) is 1.18. The Morgan fingerprint density at radius 2 is 2.00 bits per heavy atom. The number of rotatable bonds is 5. The Hall–Kier alpha value is -2.12. The number of nitrogens with zero attached hydrogens (tertiary/aromatic N) is 1. The van der Waals surface area contributed by atoms with E-state index in [1.165, 1.54) is 23.8 Å². The van der Waals surface area contributed by atoms with E-state index in [-0.39, 0.29) is 17.0 Å². The Labute approximate surface area is 129 Å². The molecule has 0 atom stereocenters. The molecule has 0 saturated heterocycles. The van der Waals surface area contributed by atoms with Crippen molar-refractivity contribution >= 4 is 10.0 Å². The molecule has 1 heterocycles. The monoisotopic (exact) mass is 322 g/mol. The minimum Gasteiger partial charge on any atom is -0.496 e. The Morgan fingerprint density at radius 3 is 2.64 bits per heavy atom. The summed E-state index contributed by atoms with van der Waals surface area (Å²) in [5.41, 5.74) is 0.885. The summed E-state index contributed by atoms with van der Waals surface area (Å²) in [5, 5.41) is 0. The van der Waals surface area contributed by atoms with E-state index in [1.54, 1.807) is 38.4 Å². The predicted molar refractivity (Wildman–Crippen MR) is 83.4 cm³/mol. The van der Waals surface area contributed by atoms with Crippen LogP contribution in [0.5, 0.6) is 5.75 Å². The highest BCUT2D eigenvalue weighted by molar-refractivity contribution is 7.89. The van der Waals surface area contributed by atoms with Crippen LogP contribution in [-0.2, 0) is 23.6 Å². The fourth-order valence-corrected chi connectivity index (χ4v) is 3.15. The van der Waals surface area contributed by atoms with Crippen molar-refractivity contribution in [2.45, 2.75) is 18.4 Å². The molecule has 1 aromatic heterocycles. The highest BCUT2D eigenvalue weighted by Gasteiger charge is 2.16. The van der Waals surface area contributed by atoms with E-state index in [1.807, 2.05) is 0 Å². The molecular formula is C15H18N2O4S. The summed E-state index contributed by atoms with van der Waals surface area (Å²) < 4.78 is 33.5. The molecule has 2 rings (SSSR count). The smallest absolute Gasteiger partial charge is 0.254 e. The van der Waals surface area contributed by atoms with Gasteiger partial charge in [-0.15, -0.1) is 0 Å². The van der Waals surface area contributed by atoms with Crippen LogP contribution < -0.4 is 15.0 Å². The Kier molecular flexibility index (Phi) is 4.68. The van der Waals surface area contributed by atoms with Gasteiger partial charge < -0.3 is 9.30 Å². The van der Waals surface area contributed by atoms with Crippen LogP contribution in [0.1, 0.15) is 11.1 Å². The molecule has 0 saturated carbocycles. The molecule has 0 fully saturated rings. The molecule has 0 spiro atoms. The second-order valence-corrected chi connectivity index (χ2v) is 6.67. The molecule has 0 aliphatic heterocycles. The summed E-state index contributed by atoms with van der Waals surface area (Å²) in [7, 11) is -0.543. The largest absolute Gasteiger partial charge is 0.496 e. The molecule has 7 heteroatoms. The van der Waals surface area contributed by atoms with Gasteiger partial charge in [-0.2, -0.15) is 0 Å². The van der Waals surface area contributed by atoms with E-state index in [2.05, 4.69) is 4.72 Å². The van der Waals surface area contributed by atoms with E-state index in [0.29, 0.717) is 11.3 Å². The first kappa shape index (κ1) is 16.3. The van der Waals surface area contributed by atoms with Crippen LogP contribution in [0.2, 0.25) is 0 Å². The third-order valence-corrected chi connectivity index (χ3v) is 4.73. The van der Waals surface area contributed by atoms with Crippen molar-refractivity contribution in [3.05, 3.63) is 58.0 Å². The zero-order valence-electron chi connectivity index (χ0n) is 12.7. The average molecular weight is 322 g/mol. The topological polar surface area (TPSA) is 77.4 Å². The summed E-state index contributed by atoms with van der Waals surface area (Å²) in [6.45, 7) is 1.71. The van der Waals surface area contributed by atoms with Crippen molar-refractivity contribution in [1.82, 2.24) is 9.29 Å². The zero-order chi connectivity index (χ0) is 16.3. The lowest BCUT2D eigenvalue weighted by Gasteiger charge is -2.10. The van der Waals surface area contributed by atoms with Gasteiger partial charge >= 0.3 is 0 Å². The van der Waals surface area contributed by atoms with Gasteiger partial charge in [-0.3, -0.25) is 4.79 Å². The van der Waals surface area contributed by atoms with Gasteiger partial charge in [0.15, 0.2) is 0 Å². The Balaban J connectivity index is 2.23. The first-order valence-electron chi connectivity index (χ1n) is 6.64. The second-order valence-electron chi connectivity index (χ2n) is 4.91. The Bertz CT molecular complexity index is 841. The summed E-state index contributed by atoms with van der Waals surface area (Å²) in [6.07, 6.45) is 1.62. The minimum atomic E-state index is -3.69. The molecule has 2 aromatic rings. The Morgan fingerprint density at radius 1 is 1.27 bits per heavy atom. The lowest BCUT2D eigenvalue weighted by molar-refractivity contribution is 0.411. The molecule has 118 valence electrons. The van der Waals surface area contributed by atoms with Crippen LogP contribution in [0.3, 0.4) is 0 Å². The number of pyridine rings is 1. The standard InChI is InChI=1S/C15H18N2O4S/c1-11-9-13(6-7-14(11)21-3)22(19,20)16-10-12-5-4-8-17(2)15(12)18/h4-9,16H,10H2,1-3H3. The number of methoxy groups -OCH3 is 1. The van der Waals surface area contributed by atoms with E-state index in [0.717, 1.165) is 5.56 Å². The van der Waals surface area contributed by atoms with E-state index >= 15 is 0 Å². The summed E-state index contributed by atoms with van der Waals surface area (Å²) in [6, 6.07) is 7.90. The number of hydrogen-bond acceptors (Lipinski definition) is 4. The summed E-state index contributed by atoms with van der Waals surface area (Å²) in [4.78, 5) is 12.0. The molecule has 1 aromatic carbocycles. The maximum Gasteiger partial charge on any atom is 0.254 e. The van der Waals surface area contributed by atoms with Crippen molar-refractivity contribution < 1.29 is 13.2 Å². The summed E-state index contributed by atoms with van der Waals surface area (Å²) >= 11 is 0. The number of aryl methyl sites for hydroxylation is 2. The highest BCUT2D eigenvalue weighted by Crippen LogP contribution is 2.21. The van der Waals surface area contributed by atoms with Gasteiger partial charge in [0.2, 0.25) is 10.0 Å². The van der Waals surface area contributed by atoms with Crippen molar-refractivity contribution in [2.75, 3.05) is 7.11 Å². The van der Waals surface area contributed by atoms with Gasteiger partial charge in [0.25, 0.3) is 5.56 Å². The van der Waals surface area contributed by atoms with Crippen LogP contribution in [-0.4, -0.2) is 20.1 Å². The van der Waals surface area contributed by atoms with Crippen LogP contribution in [0.15, 0.2) is 46.2 Å². The molecule has 0 bridgehead atoms. The first-order valence-corrected chi connectivity index (χ1v) is 8.12. The van der Waals surface area contributed by atoms with Gasteiger partial charge in [-0.25, -0.2) is 13.1 Å². The number of benzene rings is 1. The van der Waals surface area contributed by atoms with Gasteiger partial charge in [0, 0.05) is 25.4 Å². The second kappa shape index (κ2) is 6.33. The van der Waals surface area contributed by atoms with Crippen LogP contribution in [0, 0.1) is 6.92 Å². The van der Waals surface area contributed by atoms with Crippen molar-refractivity contribution in [2.24, 2.45) is 7.05 Å². The van der Waals surface area contributed by atoms with E-state index < -0.39 is 10.0 Å². The molecule has 1 N–H and O–H groups in total. The normalized spacial score (nSPS) is 11.4. The van der Waals surface area contributed by atoms with Crippen LogP contribution in [0.25, 0.3) is 0 Å². The minimum absolute atomic E-state index is 0.0546. The maximum absolute atomic E-state index is 12.3. The molecule has 0 aliphatic carbocycles. The quantitative estimate of drug-likeness (QED) is 0.897. The molecule has 22 heavy (non-hydrogen) atoms. The van der Waals surface area contributed by atoms with Crippen molar-refractivity contribution in [3.63, 3.8) is 0 Å². The first-order chi connectivity index (χ1) is 10.3. The SMILES string of the molecule is COc1ccc(S(=O)(=O)NCc2cccn(C)c2=O)cc1C. The number of ether oxygens (including phenoxy) is 1. The molecular weight excluding hydrogens is 304 g/mol. The van der Waals surface area contributed by atoms with Crippen LogP contribution >= 0.6 is 0 Å². The number of hydrogen-bond donors (Lipinski definition) is 1. The van der Waals surface area contributed by atoms with Gasteiger partial charge in [-0.05, 0) is 36.8 Å². The molecule has 0 unspecified atom stereocenters. The van der Waals surface area contributed by atoms with Crippen molar-refractivity contribution in [3.8, 4) is 5.75 Å². The van der Waals surface area contributed by atoms with Crippen molar-refractivity contribution in [1.29, 1.82) is 0 Å². The third kappa shape index (κ3) is 3.37. The number of nitrogens with one attached hydrogen (secondary N) is 1. The molecule has 6 nitrogen and oxygen atoms in total. The zero-order valence-corrected chi connectivity index (χ0v) is 13.5. The fraction of sp³-hybridized carbons (Fsp3) is 0.267. The molecule has 0 amide bonds. The van der Waals surface area contributed by atoms with E-state index in [9.17, 15) is 13.2 Å². The molecule has 0 aliphatic rings. The maximum atomic E-state index is 12.3. The lowest BCUT2D eigenvalue weighted by Crippen LogP contribution is -2.28. The highest BCUT2D eigenvalue weighted by atomic mass is 32.2. The number of aromatic nitrogens is 1. The average Bonchev–Trinajstić information content (AvgIpc) is 2.48. The van der Waals surface area contributed by atoms with Gasteiger partial charge in [-0.1, -0.05) is 6.07 Å². The lowest BCUT2D eigenvalue weighted by atomic mass is 10.2. The summed E-state index contributed by atoms with van der Waals surface area (Å²) in [5.74, 6) is 0.621. The van der Waals surface area contributed by atoms with Gasteiger partial charge in [0.1, 0.15) is 5.75 Å². The third-order valence-electron chi connectivity index (χ3n) is 3.33. The number of sulfonamides is 1. The fourth-order valence-electron chi connectivity index (χ4n) is 2.06. The van der Waals surface area contributed by atoms with Gasteiger partial charge in [0.05, 0.1) is 12.0 Å².